The molecule has 0 bridgehead atoms. The molecule has 0 saturated carbocycles. The third-order valence-electron chi connectivity index (χ3n) is 3.16. The van der Waals surface area contributed by atoms with Gasteiger partial charge in [-0.15, -0.1) is 0 Å². The van der Waals surface area contributed by atoms with Gasteiger partial charge in [-0.3, -0.25) is 0 Å². The van der Waals surface area contributed by atoms with Gasteiger partial charge in [-0.25, -0.2) is 4.39 Å². The molecule has 1 atom stereocenters. The van der Waals surface area contributed by atoms with Crippen molar-refractivity contribution in [1.82, 2.24) is 0 Å². The number of benzene rings is 2. The minimum absolute atomic E-state index is 0.0645. The van der Waals surface area contributed by atoms with E-state index in [1.54, 1.807) is 6.07 Å². The lowest BCUT2D eigenvalue weighted by molar-refractivity contribution is 0.335. The molecule has 1 N–H and O–H groups in total. The predicted octanol–water partition coefficient (Wildman–Crippen LogP) is 4.27. The summed E-state index contributed by atoms with van der Waals surface area (Å²) in [5, 5.41) is 12.3. The number of ether oxygens (including phenoxy) is 1. The Morgan fingerprint density at radius 2 is 2.05 bits per heavy atom. The molecule has 0 radical (unpaired) electrons. The standard InChI is InChI=1S/C17H17FN2O/c1-3-21-17-7-5-4-6-15(17)12(2)20-16-9-8-14(18)10-13(16)11-19/h4-10,12,20H,3H2,1-2H3. The molecule has 1 unspecified atom stereocenters. The van der Waals surface area contributed by atoms with Crippen molar-refractivity contribution < 1.29 is 9.13 Å². The quantitative estimate of drug-likeness (QED) is 0.891. The molecule has 0 heterocycles. The van der Waals surface area contributed by atoms with Crippen LogP contribution in [0.25, 0.3) is 0 Å². The van der Waals surface area contributed by atoms with Crippen LogP contribution in [0.4, 0.5) is 10.1 Å². The number of halogens is 1. The van der Waals surface area contributed by atoms with Gasteiger partial charge in [0.2, 0.25) is 0 Å². The lowest BCUT2D eigenvalue weighted by Crippen LogP contribution is -2.10. The minimum Gasteiger partial charge on any atom is -0.494 e. The van der Waals surface area contributed by atoms with Crippen LogP contribution >= 0.6 is 0 Å². The summed E-state index contributed by atoms with van der Waals surface area (Å²) in [5.41, 5.74) is 1.89. The summed E-state index contributed by atoms with van der Waals surface area (Å²) in [6, 6.07) is 13.8. The Labute approximate surface area is 124 Å². The molecule has 0 aliphatic heterocycles. The molecule has 0 aromatic heterocycles. The van der Waals surface area contributed by atoms with Gasteiger partial charge in [0.05, 0.1) is 23.9 Å². The number of nitrogens with zero attached hydrogens (tertiary/aromatic N) is 1. The molecule has 0 fully saturated rings. The van der Waals surface area contributed by atoms with E-state index in [2.05, 4.69) is 5.32 Å². The second-order valence-electron chi connectivity index (χ2n) is 4.64. The Morgan fingerprint density at radius 3 is 2.76 bits per heavy atom. The molecule has 2 rings (SSSR count). The Bertz CT molecular complexity index is 664. The van der Waals surface area contributed by atoms with Crippen molar-refractivity contribution in [2.45, 2.75) is 19.9 Å². The van der Waals surface area contributed by atoms with Gasteiger partial charge in [-0.05, 0) is 38.1 Å². The zero-order valence-electron chi connectivity index (χ0n) is 12.1. The topological polar surface area (TPSA) is 45.0 Å². The van der Waals surface area contributed by atoms with Gasteiger partial charge < -0.3 is 10.1 Å². The van der Waals surface area contributed by atoms with Crippen LogP contribution in [0.3, 0.4) is 0 Å². The SMILES string of the molecule is CCOc1ccccc1C(C)Nc1ccc(F)cc1C#N. The molecular formula is C17H17FN2O. The Kier molecular flexibility index (Phi) is 4.78. The number of hydrogen-bond acceptors (Lipinski definition) is 3. The highest BCUT2D eigenvalue weighted by molar-refractivity contribution is 5.59. The highest BCUT2D eigenvalue weighted by Gasteiger charge is 2.13. The van der Waals surface area contributed by atoms with Gasteiger partial charge in [-0.2, -0.15) is 5.26 Å². The monoisotopic (exact) mass is 284 g/mol. The van der Waals surface area contributed by atoms with Crippen molar-refractivity contribution >= 4 is 5.69 Å². The first-order valence-corrected chi connectivity index (χ1v) is 6.83. The molecule has 4 heteroatoms. The van der Waals surface area contributed by atoms with Crippen molar-refractivity contribution in [2.24, 2.45) is 0 Å². The minimum atomic E-state index is -0.417. The van der Waals surface area contributed by atoms with E-state index in [9.17, 15) is 4.39 Å². The molecule has 0 amide bonds. The molecule has 0 spiro atoms. The first-order chi connectivity index (χ1) is 10.2. The fraction of sp³-hybridized carbons (Fsp3) is 0.235. The Hall–Kier alpha value is -2.54. The summed E-state index contributed by atoms with van der Waals surface area (Å²) in [6.45, 7) is 4.49. The second-order valence-corrected chi connectivity index (χ2v) is 4.64. The van der Waals surface area contributed by atoms with E-state index in [0.717, 1.165) is 11.3 Å². The lowest BCUT2D eigenvalue weighted by atomic mass is 10.1. The van der Waals surface area contributed by atoms with Crippen LogP contribution in [-0.4, -0.2) is 6.61 Å². The zero-order chi connectivity index (χ0) is 15.2. The predicted molar refractivity (Wildman–Crippen MR) is 80.8 cm³/mol. The highest BCUT2D eigenvalue weighted by atomic mass is 19.1. The van der Waals surface area contributed by atoms with E-state index in [1.165, 1.54) is 12.1 Å². The van der Waals surface area contributed by atoms with Gasteiger partial charge in [0.15, 0.2) is 0 Å². The summed E-state index contributed by atoms with van der Waals surface area (Å²) in [4.78, 5) is 0. The molecular weight excluding hydrogens is 267 g/mol. The molecule has 3 nitrogen and oxygen atoms in total. The van der Waals surface area contributed by atoms with E-state index < -0.39 is 5.82 Å². The molecule has 2 aromatic carbocycles. The largest absolute Gasteiger partial charge is 0.494 e. The average molecular weight is 284 g/mol. The normalized spacial score (nSPS) is 11.5. The molecule has 0 aliphatic carbocycles. The summed E-state index contributed by atoms with van der Waals surface area (Å²) in [5.74, 6) is 0.389. The number of rotatable bonds is 5. The van der Waals surface area contributed by atoms with Crippen molar-refractivity contribution in [3.05, 3.63) is 59.4 Å². The van der Waals surface area contributed by atoms with Gasteiger partial charge in [0.1, 0.15) is 17.6 Å². The van der Waals surface area contributed by atoms with Crippen LogP contribution in [0.2, 0.25) is 0 Å². The summed E-state index contributed by atoms with van der Waals surface area (Å²) in [7, 11) is 0. The number of nitrogens with one attached hydrogen (secondary N) is 1. The van der Waals surface area contributed by atoms with Crippen LogP contribution in [0.1, 0.15) is 31.0 Å². The number of anilines is 1. The van der Waals surface area contributed by atoms with Gasteiger partial charge in [0, 0.05) is 5.56 Å². The lowest BCUT2D eigenvalue weighted by Gasteiger charge is -2.19. The summed E-state index contributed by atoms with van der Waals surface area (Å²) >= 11 is 0. The van der Waals surface area contributed by atoms with E-state index >= 15 is 0 Å². The third kappa shape index (κ3) is 3.51. The summed E-state index contributed by atoms with van der Waals surface area (Å²) in [6.07, 6.45) is 0. The fourth-order valence-electron chi connectivity index (χ4n) is 2.17. The maximum Gasteiger partial charge on any atom is 0.124 e. The van der Waals surface area contributed by atoms with E-state index in [1.807, 2.05) is 44.2 Å². The van der Waals surface area contributed by atoms with Crippen LogP contribution < -0.4 is 10.1 Å². The van der Waals surface area contributed by atoms with E-state index in [4.69, 9.17) is 10.00 Å². The maximum atomic E-state index is 13.2. The molecule has 0 saturated heterocycles. The van der Waals surface area contributed by atoms with Crippen molar-refractivity contribution in [3.8, 4) is 11.8 Å². The highest BCUT2D eigenvalue weighted by Crippen LogP contribution is 2.29. The average Bonchev–Trinajstić information content (AvgIpc) is 2.49. The van der Waals surface area contributed by atoms with Crippen molar-refractivity contribution in [1.29, 1.82) is 5.26 Å². The van der Waals surface area contributed by atoms with E-state index in [-0.39, 0.29) is 11.6 Å². The fourth-order valence-corrected chi connectivity index (χ4v) is 2.17. The van der Waals surface area contributed by atoms with Gasteiger partial charge in [0.25, 0.3) is 0 Å². The zero-order valence-corrected chi connectivity index (χ0v) is 12.1. The Balaban J connectivity index is 2.26. The van der Waals surface area contributed by atoms with Gasteiger partial charge >= 0.3 is 0 Å². The maximum absolute atomic E-state index is 13.2. The van der Waals surface area contributed by atoms with Crippen LogP contribution in [0.5, 0.6) is 5.75 Å². The number of nitriles is 1. The van der Waals surface area contributed by atoms with Crippen LogP contribution in [-0.2, 0) is 0 Å². The first-order valence-electron chi connectivity index (χ1n) is 6.83. The third-order valence-corrected chi connectivity index (χ3v) is 3.16. The van der Waals surface area contributed by atoms with Crippen molar-refractivity contribution in [2.75, 3.05) is 11.9 Å². The molecule has 0 aliphatic rings. The molecule has 2 aromatic rings. The van der Waals surface area contributed by atoms with Crippen LogP contribution in [0, 0.1) is 17.1 Å². The number of hydrogen-bond donors (Lipinski definition) is 1. The van der Waals surface area contributed by atoms with Gasteiger partial charge in [-0.1, -0.05) is 18.2 Å². The number of para-hydroxylation sites is 1. The Morgan fingerprint density at radius 1 is 1.29 bits per heavy atom. The van der Waals surface area contributed by atoms with Crippen LogP contribution in [0.15, 0.2) is 42.5 Å². The van der Waals surface area contributed by atoms with Crippen molar-refractivity contribution in [3.63, 3.8) is 0 Å². The molecule has 21 heavy (non-hydrogen) atoms. The summed E-state index contributed by atoms with van der Waals surface area (Å²) < 4.78 is 18.8. The first kappa shape index (κ1) is 14.9. The molecule has 108 valence electrons. The smallest absolute Gasteiger partial charge is 0.124 e. The second kappa shape index (κ2) is 6.76. The van der Waals surface area contributed by atoms with E-state index in [0.29, 0.717) is 12.3 Å².